The number of nitrogens with zero attached hydrogens (tertiary/aromatic N) is 1. The molecule has 2 rings (SSSR count). The number of ether oxygens (including phenoxy) is 1. The summed E-state index contributed by atoms with van der Waals surface area (Å²) in [6, 6.07) is 7.68. The van der Waals surface area contributed by atoms with Crippen LogP contribution in [0.1, 0.15) is 5.56 Å². The van der Waals surface area contributed by atoms with Crippen LogP contribution in [0.4, 0.5) is 13.2 Å². The Kier molecular flexibility index (Phi) is 4.11. The number of halogens is 3. The fourth-order valence-corrected chi connectivity index (χ4v) is 2.04. The molecule has 0 saturated carbocycles. The highest BCUT2D eigenvalue weighted by atomic mass is 19.4. The van der Waals surface area contributed by atoms with Crippen LogP contribution in [0.15, 0.2) is 30.5 Å². The van der Waals surface area contributed by atoms with Gasteiger partial charge in [-0.15, -0.1) is 0 Å². The third kappa shape index (κ3) is 3.48. The third-order valence-corrected chi connectivity index (χ3v) is 2.83. The number of benzene rings is 1. The van der Waals surface area contributed by atoms with Gasteiger partial charge < -0.3 is 15.0 Å². The number of rotatable bonds is 5. The summed E-state index contributed by atoms with van der Waals surface area (Å²) in [5.41, 5.74) is 7.59. The average Bonchev–Trinajstić information content (AvgIpc) is 2.77. The van der Waals surface area contributed by atoms with Gasteiger partial charge in [0.1, 0.15) is 6.61 Å². The van der Waals surface area contributed by atoms with Crippen LogP contribution in [0.3, 0.4) is 0 Å². The molecule has 0 radical (unpaired) electrons. The van der Waals surface area contributed by atoms with E-state index < -0.39 is 12.8 Å². The van der Waals surface area contributed by atoms with Crippen LogP contribution in [-0.4, -0.2) is 24.0 Å². The van der Waals surface area contributed by atoms with Crippen molar-refractivity contribution in [1.29, 1.82) is 0 Å². The molecule has 0 aliphatic heterocycles. The van der Waals surface area contributed by atoms with Gasteiger partial charge in [-0.3, -0.25) is 0 Å². The predicted molar refractivity (Wildman–Crippen MR) is 66.7 cm³/mol. The van der Waals surface area contributed by atoms with Crippen molar-refractivity contribution in [2.24, 2.45) is 5.73 Å². The number of para-hydroxylation sites is 1. The van der Waals surface area contributed by atoms with Crippen LogP contribution in [0.5, 0.6) is 0 Å². The molecule has 0 amide bonds. The molecular formula is C13H15F3N2O. The molecule has 19 heavy (non-hydrogen) atoms. The van der Waals surface area contributed by atoms with E-state index >= 15 is 0 Å². The van der Waals surface area contributed by atoms with Gasteiger partial charge in [0.05, 0.1) is 12.1 Å². The van der Waals surface area contributed by atoms with Gasteiger partial charge in [-0.2, -0.15) is 13.2 Å². The highest BCUT2D eigenvalue weighted by Gasteiger charge is 2.27. The Bertz CT molecular complexity index is 548. The first-order valence-corrected chi connectivity index (χ1v) is 5.92. The predicted octanol–water partition coefficient (Wildman–Crippen LogP) is 2.68. The van der Waals surface area contributed by atoms with Gasteiger partial charge >= 0.3 is 6.18 Å². The van der Waals surface area contributed by atoms with Gasteiger partial charge in [0, 0.05) is 19.3 Å². The van der Waals surface area contributed by atoms with Crippen LogP contribution >= 0.6 is 0 Å². The maximum Gasteiger partial charge on any atom is 0.411 e. The minimum Gasteiger partial charge on any atom is -0.370 e. The molecule has 0 saturated heterocycles. The topological polar surface area (TPSA) is 40.2 Å². The van der Waals surface area contributed by atoms with Crippen molar-refractivity contribution in [2.45, 2.75) is 19.3 Å². The van der Waals surface area contributed by atoms with Crippen LogP contribution < -0.4 is 5.73 Å². The number of hydrogen-bond acceptors (Lipinski definition) is 2. The van der Waals surface area contributed by atoms with Crippen LogP contribution in [0, 0.1) is 0 Å². The van der Waals surface area contributed by atoms with E-state index in [0.717, 1.165) is 16.5 Å². The Morgan fingerprint density at radius 3 is 2.68 bits per heavy atom. The molecule has 0 aliphatic rings. The second-order valence-electron chi connectivity index (χ2n) is 4.24. The lowest BCUT2D eigenvalue weighted by Gasteiger charge is -2.10. The molecule has 0 bridgehead atoms. The van der Waals surface area contributed by atoms with Gasteiger partial charge in [-0.25, -0.2) is 0 Å². The van der Waals surface area contributed by atoms with Crippen LogP contribution in [0.25, 0.3) is 10.9 Å². The van der Waals surface area contributed by atoms with Gasteiger partial charge in [0.15, 0.2) is 0 Å². The van der Waals surface area contributed by atoms with Gasteiger partial charge in [-0.05, 0) is 17.0 Å². The summed E-state index contributed by atoms with van der Waals surface area (Å²) in [4.78, 5) is 0. The second kappa shape index (κ2) is 5.63. The molecule has 3 nitrogen and oxygen atoms in total. The maximum atomic E-state index is 11.9. The third-order valence-electron chi connectivity index (χ3n) is 2.83. The number of hydrogen-bond donors (Lipinski definition) is 1. The summed E-state index contributed by atoms with van der Waals surface area (Å²) in [7, 11) is 0. The summed E-state index contributed by atoms with van der Waals surface area (Å²) in [6.07, 6.45) is -2.44. The average molecular weight is 272 g/mol. The minimum absolute atomic E-state index is 0.0161. The molecule has 2 aromatic rings. The first-order chi connectivity index (χ1) is 9.01. The first kappa shape index (κ1) is 13.9. The Labute approximate surface area is 108 Å². The van der Waals surface area contributed by atoms with Crippen LogP contribution in [0.2, 0.25) is 0 Å². The van der Waals surface area contributed by atoms with Crippen molar-refractivity contribution in [2.75, 3.05) is 13.2 Å². The number of nitrogens with two attached hydrogens (primary N) is 1. The first-order valence-electron chi connectivity index (χ1n) is 5.92. The summed E-state index contributed by atoms with van der Waals surface area (Å²) < 4.78 is 42.3. The molecule has 0 atom stereocenters. The van der Waals surface area contributed by atoms with E-state index in [4.69, 9.17) is 5.73 Å². The van der Waals surface area contributed by atoms with E-state index in [0.29, 0.717) is 13.1 Å². The largest absolute Gasteiger partial charge is 0.411 e. The SMILES string of the molecule is NCc1cccc2ccn(CCOCC(F)(F)F)c12. The molecule has 0 fully saturated rings. The molecule has 0 unspecified atom stereocenters. The fourth-order valence-electron chi connectivity index (χ4n) is 2.04. The van der Waals surface area contributed by atoms with Crippen molar-refractivity contribution in [3.63, 3.8) is 0 Å². The zero-order valence-corrected chi connectivity index (χ0v) is 10.3. The zero-order chi connectivity index (χ0) is 13.9. The fraction of sp³-hybridized carbons (Fsp3) is 0.385. The quantitative estimate of drug-likeness (QED) is 0.850. The molecule has 1 aromatic heterocycles. The smallest absolute Gasteiger partial charge is 0.370 e. The van der Waals surface area contributed by atoms with E-state index in [1.165, 1.54) is 0 Å². The summed E-state index contributed by atoms with van der Waals surface area (Å²) in [5.74, 6) is 0. The Morgan fingerprint density at radius 2 is 2.00 bits per heavy atom. The highest BCUT2D eigenvalue weighted by Crippen LogP contribution is 2.20. The maximum absolute atomic E-state index is 11.9. The standard InChI is InChI=1S/C13H15F3N2O/c14-13(15,16)9-19-7-6-18-5-4-10-2-1-3-11(8-17)12(10)18/h1-5H,6-9,17H2. The van der Waals surface area contributed by atoms with E-state index in [9.17, 15) is 13.2 Å². The molecule has 1 aromatic carbocycles. The van der Waals surface area contributed by atoms with Crippen molar-refractivity contribution >= 4 is 10.9 Å². The Balaban J connectivity index is 2.05. The number of aromatic nitrogens is 1. The van der Waals surface area contributed by atoms with Crippen molar-refractivity contribution < 1.29 is 17.9 Å². The molecule has 104 valence electrons. The van der Waals surface area contributed by atoms with Crippen molar-refractivity contribution in [1.82, 2.24) is 4.57 Å². The normalized spacial score (nSPS) is 12.2. The van der Waals surface area contributed by atoms with Crippen molar-refractivity contribution in [3.05, 3.63) is 36.0 Å². The molecular weight excluding hydrogens is 257 g/mol. The Morgan fingerprint density at radius 1 is 1.21 bits per heavy atom. The molecule has 6 heteroatoms. The lowest BCUT2D eigenvalue weighted by atomic mass is 10.1. The molecule has 1 heterocycles. The summed E-state index contributed by atoms with van der Waals surface area (Å²) in [5, 5.41) is 1.03. The summed E-state index contributed by atoms with van der Waals surface area (Å²) >= 11 is 0. The van der Waals surface area contributed by atoms with E-state index in [2.05, 4.69) is 4.74 Å². The Hall–Kier alpha value is -1.53. The lowest BCUT2D eigenvalue weighted by Crippen LogP contribution is -2.19. The summed E-state index contributed by atoms with van der Waals surface area (Å²) in [6.45, 7) is -0.431. The highest BCUT2D eigenvalue weighted by molar-refractivity contribution is 5.83. The zero-order valence-electron chi connectivity index (χ0n) is 10.3. The van der Waals surface area contributed by atoms with Crippen molar-refractivity contribution in [3.8, 4) is 0 Å². The van der Waals surface area contributed by atoms with E-state index in [-0.39, 0.29) is 6.61 Å². The minimum atomic E-state index is -4.28. The van der Waals surface area contributed by atoms with E-state index in [1.54, 1.807) is 0 Å². The number of alkyl halides is 3. The van der Waals surface area contributed by atoms with Gasteiger partial charge in [-0.1, -0.05) is 18.2 Å². The molecule has 2 N–H and O–H groups in total. The van der Waals surface area contributed by atoms with Gasteiger partial charge in [0.2, 0.25) is 0 Å². The van der Waals surface area contributed by atoms with Crippen LogP contribution in [-0.2, 0) is 17.8 Å². The lowest BCUT2D eigenvalue weighted by molar-refractivity contribution is -0.174. The van der Waals surface area contributed by atoms with E-state index in [1.807, 2.05) is 35.0 Å². The molecule has 0 spiro atoms. The van der Waals surface area contributed by atoms with Gasteiger partial charge in [0.25, 0.3) is 0 Å². The second-order valence-corrected chi connectivity index (χ2v) is 4.24. The monoisotopic (exact) mass is 272 g/mol. The molecule has 0 aliphatic carbocycles. The number of fused-ring (bicyclic) bond motifs is 1.